The van der Waals surface area contributed by atoms with Gasteiger partial charge in [0.05, 0.1) is 12.7 Å². The number of ether oxygens (including phenoxy) is 1. The molecule has 0 fully saturated rings. The molecule has 0 saturated heterocycles. The number of para-hydroxylation sites is 1. The Labute approximate surface area is 97.6 Å². The maximum atomic E-state index is 10.1. The van der Waals surface area contributed by atoms with E-state index in [0.29, 0.717) is 12.8 Å². The number of aryl methyl sites for hydroxylation is 1. The van der Waals surface area contributed by atoms with E-state index >= 15 is 0 Å². The van der Waals surface area contributed by atoms with Crippen LogP contribution in [0.15, 0.2) is 36.9 Å². The third kappa shape index (κ3) is 3.11. The summed E-state index contributed by atoms with van der Waals surface area (Å²) in [6.07, 6.45) is 3.78. The molecule has 1 rings (SSSR count). The van der Waals surface area contributed by atoms with Gasteiger partial charge in [0.25, 0.3) is 0 Å². The fourth-order valence-corrected chi connectivity index (χ4v) is 1.68. The number of hydrogen-bond acceptors (Lipinski definition) is 2. The number of methoxy groups -OCH3 is 1. The van der Waals surface area contributed by atoms with E-state index in [0.717, 1.165) is 17.7 Å². The summed E-state index contributed by atoms with van der Waals surface area (Å²) < 4.78 is 5.27. The molecule has 0 aromatic heterocycles. The summed E-state index contributed by atoms with van der Waals surface area (Å²) >= 11 is 0. The van der Waals surface area contributed by atoms with Crippen LogP contribution in [0.1, 0.15) is 25.3 Å². The highest BCUT2D eigenvalue weighted by molar-refractivity contribution is 5.33. The molecule has 0 amide bonds. The van der Waals surface area contributed by atoms with Gasteiger partial charge in [0, 0.05) is 0 Å². The summed E-state index contributed by atoms with van der Waals surface area (Å²) in [5.41, 5.74) is 0.361. The Morgan fingerprint density at radius 2 is 2.12 bits per heavy atom. The summed E-state index contributed by atoms with van der Waals surface area (Å²) in [4.78, 5) is 0. The lowest BCUT2D eigenvalue weighted by Crippen LogP contribution is -2.25. The Kier molecular flexibility index (Phi) is 4.56. The highest BCUT2D eigenvalue weighted by Crippen LogP contribution is 2.24. The Balaban J connectivity index is 2.70. The molecule has 1 atom stereocenters. The first kappa shape index (κ1) is 12.8. The Bertz CT molecular complexity index is 346. The van der Waals surface area contributed by atoms with Gasteiger partial charge < -0.3 is 9.84 Å². The third-order valence-electron chi connectivity index (χ3n) is 3.01. The van der Waals surface area contributed by atoms with Crippen molar-refractivity contribution < 1.29 is 9.84 Å². The Morgan fingerprint density at radius 1 is 1.44 bits per heavy atom. The van der Waals surface area contributed by atoms with Crippen molar-refractivity contribution in [3.05, 3.63) is 42.5 Å². The van der Waals surface area contributed by atoms with Crippen molar-refractivity contribution in [1.82, 2.24) is 0 Å². The van der Waals surface area contributed by atoms with Crippen LogP contribution < -0.4 is 4.74 Å². The van der Waals surface area contributed by atoms with E-state index in [1.54, 1.807) is 13.2 Å². The van der Waals surface area contributed by atoms with Crippen molar-refractivity contribution in [3.8, 4) is 5.75 Å². The first-order valence-corrected chi connectivity index (χ1v) is 5.63. The molecule has 2 heteroatoms. The van der Waals surface area contributed by atoms with Gasteiger partial charge in [-0.3, -0.25) is 0 Å². The summed E-state index contributed by atoms with van der Waals surface area (Å²) in [5, 5.41) is 10.1. The minimum absolute atomic E-state index is 0.674. The van der Waals surface area contributed by atoms with Crippen molar-refractivity contribution in [2.45, 2.75) is 31.8 Å². The highest BCUT2D eigenvalue weighted by atomic mass is 16.5. The van der Waals surface area contributed by atoms with Crippen molar-refractivity contribution in [1.29, 1.82) is 0 Å². The lowest BCUT2D eigenvalue weighted by atomic mass is 9.92. The lowest BCUT2D eigenvalue weighted by Gasteiger charge is -2.22. The average Bonchev–Trinajstić information content (AvgIpc) is 2.36. The van der Waals surface area contributed by atoms with E-state index in [1.807, 2.05) is 31.2 Å². The van der Waals surface area contributed by atoms with Crippen LogP contribution in [0.5, 0.6) is 5.75 Å². The molecule has 0 aliphatic heterocycles. The molecule has 1 unspecified atom stereocenters. The van der Waals surface area contributed by atoms with Gasteiger partial charge in [0.2, 0.25) is 0 Å². The molecule has 0 spiro atoms. The molecule has 0 bridgehead atoms. The minimum Gasteiger partial charge on any atom is -0.496 e. The van der Waals surface area contributed by atoms with Crippen molar-refractivity contribution in [2.24, 2.45) is 0 Å². The van der Waals surface area contributed by atoms with E-state index in [4.69, 9.17) is 4.74 Å². The fraction of sp³-hybridized carbons (Fsp3) is 0.429. The van der Waals surface area contributed by atoms with Crippen LogP contribution in [-0.2, 0) is 6.42 Å². The Morgan fingerprint density at radius 3 is 2.69 bits per heavy atom. The van der Waals surface area contributed by atoms with Gasteiger partial charge in [-0.2, -0.15) is 0 Å². The molecule has 0 aliphatic carbocycles. The predicted octanol–water partition coefficient (Wildman–Crippen LogP) is 2.95. The maximum Gasteiger partial charge on any atom is 0.122 e. The molecule has 88 valence electrons. The van der Waals surface area contributed by atoms with Gasteiger partial charge >= 0.3 is 0 Å². The van der Waals surface area contributed by atoms with Crippen LogP contribution in [0, 0.1) is 0 Å². The molecule has 2 nitrogen and oxygen atoms in total. The molecule has 16 heavy (non-hydrogen) atoms. The van der Waals surface area contributed by atoms with E-state index < -0.39 is 5.60 Å². The molecule has 0 radical (unpaired) electrons. The van der Waals surface area contributed by atoms with Gasteiger partial charge in [-0.1, -0.05) is 31.2 Å². The first-order chi connectivity index (χ1) is 7.65. The summed E-state index contributed by atoms with van der Waals surface area (Å²) in [6, 6.07) is 7.89. The van der Waals surface area contributed by atoms with Gasteiger partial charge in [-0.15, -0.1) is 6.58 Å². The van der Waals surface area contributed by atoms with Crippen molar-refractivity contribution in [2.75, 3.05) is 7.11 Å². The zero-order valence-corrected chi connectivity index (χ0v) is 10.1. The average molecular weight is 220 g/mol. The van der Waals surface area contributed by atoms with Crippen LogP contribution in [0.25, 0.3) is 0 Å². The Hall–Kier alpha value is -1.28. The fourth-order valence-electron chi connectivity index (χ4n) is 1.68. The van der Waals surface area contributed by atoms with Gasteiger partial charge in [0.15, 0.2) is 0 Å². The molecule has 1 aromatic carbocycles. The van der Waals surface area contributed by atoms with Crippen molar-refractivity contribution >= 4 is 0 Å². The third-order valence-corrected chi connectivity index (χ3v) is 3.01. The molecule has 0 aliphatic rings. The monoisotopic (exact) mass is 220 g/mol. The SMILES string of the molecule is C=CC(O)(CC)CCc1ccccc1OC. The number of benzene rings is 1. The molecule has 0 saturated carbocycles. The van der Waals surface area contributed by atoms with E-state index in [2.05, 4.69) is 6.58 Å². The smallest absolute Gasteiger partial charge is 0.122 e. The molecular weight excluding hydrogens is 200 g/mol. The molecule has 0 heterocycles. The normalized spacial score (nSPS) is 14.2. The number of rotatable bonds is 6. The zero-order chi connectivity index (χ0) is 12.0. The zero-order valence-electron chi connectivity index (χ0n) is 10.1. The molecular formula is C14H20O2. The van der Waals surface area contributed by atoms with Crippen LogP contribution >= 0.6 is 0 Å². The second-order valence-corrected chi connectivity index (χ2v) is 3.97. The summed E-state index contributed by atoms with van der Waals surface area (Å²) in [7, 11) is 1.67. The predicted molar refractivity (Wildman–Crippen MR) is 66.8 cm³/mol. The quantitative estimate of drug-likeness (QED) is 0.747. The van der Waals surface area contributed by atoms with Crippen LogP contribution in [0.4, 0.5) is 0 Å². The largest absolute Gasteiger partial charge is 0.496 e. The van der Waals surface area contributed by atoms with Crippen molar-refractivity contribution in [3.63, 3.8) is 0 Å². The van der Waals surface area contributed by atoms with E-state index in [1.165, 1.54) is 0 Å². The van der Waals surface area contributed by atoms with E-state index in [9.17, 15) is 5.11 Å². The summed E-state index contributed by atoms with van der Waals surface area (Å²) in [5.74, 6) is 0.880. The highest BCUT2D eigenvalue weighted by Gasteiger charge is 2.20. The van der Waals surface area contributed by atoms with Crippen LogP contribution in [0.2, 0.25) is 0 Å². The number of aliphatic hydroxyl groups is 1. The first-order valence-electron chi connectivity index (χ1n) is 5.63. The van der Waals surface area contributed by atoms with Crippen LogP contribution in [0.3, 0.4) is 0 Å². The standard InChI is InChI=1S/C14H20O2/c1-4-14(15,5-2)11-10-12-8-6-7-9-13(12)16-3/h4,6-9,15H,1,5,10-11H2,2-3H3. The number of hydrogen-bond donors (Lipinski definition) is 1. The second-order valence-electron chi connectivity index (χ2n) is 3.97. The lowest BCUT2D eigenvalue weighted by molar-refractivity contribution is 0.0780. The molecule has 1 aromatic rings. The van der Waals surface area contributed by atoms with Gasteiger partial charge in [-0.25, -0.2) is 0 Å². The summed E-state index contributed by atoms with van der Waals surface area (Å²) in [6.45, 7) is 5.64. The van der Waals surface area contributed by atoms with Gasteiger partial charge in [-0.05, 0) is 30.9 Å². The van der Waals surface area contributed by atoms with Crippen LogP contribution in [-0.4, -0.2) is 17.8 Å². The molecule has 1 N–H and O–H groups in total. The minimum atomic E-state index is -0.763. The maximum absolute atomic E-state index is 10.1. The topological polar surface area (TPSA) is 29.5 Å². The van der Waals surface area contributed by atoms with Gasteiger partial charge in [0.1, 0.15) is 5.75 Å². The second kappa shape index (κ2) is 5.71. The van der Waals surface area contributed by atoms with E-state index in [-0.39, 0.29) is 0 Å².